The lowest BCUT2D eigenvalue weighted by Gasteiger charge is -2.09. The molecule has 18 heavy (non-hydrogen) atoms. The predicted molar refractivity (Wildman–Crippen MR) is 69.7 cm³/mol. The number of fused-ring (bicyclic) bond motifs is 1. The van der Waals surface area contributed by atoms with Gasteiger partial charge in [-0.15, -0.1) is 6.58 Å². The molecule has 5 nitrogen and oxygen atoms in total. The first-order valence-electron chi connectivity index (χ1n) is 5.80. The van der Waals surface area contributed by atoms with Crippen molar-refractivity contribution in [3.8, 4) is 11.5 Å². The Balaban J connectivity index is 2.01. The third-order valence-corrected chi connectivity index (χ3v) is 2.63. The number of amides is 1. The molecular weight excluding hydrogens is 232 g/mol. The maximum absolute atomic E-state index is 11.7. The molecule has 3 N–H and O–H groups in total. The van der Waals surface area contributed by atoms with E-state index in [-0.39, 0.29) is 12.7 Å². The third-order valence-electron chi connectivity index (χ3n) is 2.63. The van der Waals surface area contributed by atoms with Crippen molar-refractivity contribution in [2.24, 2.45) is 0 Å². The second-order valence-corrected chi connectivity index (χ2v) is 4.02. The number of anilines is 2. The number of rotatable bonds is 5. The zero-order chi connectivity index (χ0) is 13.0. The summed E-state index contributed by atoms with van der Waals surface area (Å²) in [7, 11) is 0. The van der Waals surface area contributed by atoms with Gasteiger partial charge < -0.3 is 20.5 Å². The molecule has 0 radical (unpaired) electrons. The lowest BCUT2D eigenvalue weighted by Crippen LogP contribution is -2.12. The van der Waals surface area contributed by atoms with Crippen molar-refractivity contribution in [3.63, 3.8) is 0 Å². The molecule has 1 aliphatic heterocycles. The molecule has 0 unspecified atom stereocenters. The Labute approximate surface area is 106 Å². The van der Waals surface area contributed by atoms with Gasteiger partial charge in [-0.05, 0) is 12.8 Å². The molecule has 1 heterocycles. The largest absolute Gasteiger partial charge is 0.454 e. The molecular formula is C13H16N2O3. The molecule has 0 bridgehead atoms. The molecule has 0 aliphatic carbocycles. The van der Waals surface area contributed by atoms with Gasteiger partial charge in [-0.25, -0.2) is 0 Å². The van der Waals surface area contributed by atoms with Crippen LogP contribution in [0, 0.1) is 0 Å². The number of ether oxygens (including phenoxy) is 2. The summed E-state index contributed by atoms with van der Waals surface area (Å²) in [6.45, 7) is 3.80. The van der Waals surface area contributed by atoms with Crippen LogP contribution in [0.2, 0.25) is 0 Å². The molecule has 2 rings (SSSR count). The molecule has 0 aromatic heterocycles. The highest BCUT2D eigenvalue weighted by molar-refractivity contribution is 5.94. The van der Waals surface area contributed by atoms with Crippen LogP contribution in [0.3, 0.4) is 0 Å². The van der Waals surface area contributed by atoms with Crippen LogP contribution in [0.1, 0.15) is 19.3 Å². The maximum Gasteiger partial charge on any atom is 0.231 e. The summed E-state index contributed by atoms with van der Waals surface area (Å²) >= 11 is 0. The summed E-state index contributed by atoms with van der Waals surface area (Å²) in [5.41, 5.74) is 6.86. The highest BCUT2D eigenvalue weighted by atomic mass is 16.7. The fourth-order valence-corrected chi connectivity index (χ4v) is 1.69. The van der Waals surface area contributed by atoms with E-state index < -0.39 is 0 Å². The van der Waals surface area contributed by atoms with Gasteiger partial charge >= 0.3 is 0 Å². The van der Waals surface area contributed by atoms with Gasteiger partial charge in [-0.1, -0.05) is 6.08 Å². The normalized spacial score (nSPS) is 12.2. The van der Waals surface area contributed by atoms with E-state index in [1.54, 1.807) is 18.2 Å². The average Bonchev–Trinajstić information content (AvgIpc) is 2.77. The SMILES string of the molecule is C=CCCCC(=O)Nc1cc2c(cc1N)OCO2. The number of hydrogen-bond donors (Lipinski definition) is 2. The quantitative estimate of drug-likeness (QED) is 0.476. The molecule has 0 atom stereocenters. The van der Waals surface area contributed by atoms with Crippen molar-refractivity contribution in [2.75, 3.05) is 17.8 Å². The van der Waals surface area contributed by atoms with Gasteiger partial charge in [-0.3, -0.25) is 4.79 Å². The minimum atomic E-state index is -0.0672. The summed E-state index contributed by atoms with van der Waals surface area (Å²) in [6, 6.07) is 3.34. The first kappa shape index (κ1) is 12.3. The van der Waals surface area contributed by atoms with Gasteiger partial charge in [0.15, 0.2) is 11.5 Å². The van der Waals surface area contributed by atoms with Crippen LogP contribution in [0.5, 0.6) is 11.5 Å². The number of nitrogen functional groups attached to an aromatic ring is 1. The van der Waals surface area contributed by atoms with Crippen molar-refractivity contribution in [3.05, 3.63) is 24.8 Å². The van der Waals surface area contributed by atoms with E-state index in [4.69, 9.17) is 15.2 Å². The molecule has 0 saturated carbocycles. The lowest BCUT2D eigenvalue weighted by molar-refractivity contribution is -0.116. The van der Waals surface area contributed by atoms with E-state index in [0.717, 1.165) is 12.8 Å². The number of hydrogen-bond acceptors (Lipinski definition) is 4. The molecule has 0 spiro atoms. The summed E-state index contributed by atoms with van der Waals surface area (Å²) in [5.74, 6) is 1.14. The highest BCUT2D eigenvalue weighted by Gasteiger charge is 2.16. The van der Waals surface area contributed by atoms with E-state index >= 15 is 0 Å². The summed E-state index contributed by atoms with van der Waals surface area (Å²) in [6.07, 6.45) is 3.84. The fraction of sp³-hybridized carbons (Fsp3) is 0.308. The van der Waals surface area contributed by atoms with E-state index in [9.17, 15) is 4.79 Å². The summed E-state index contributed by atoms with van der Waals surface area (Å²) in [5, 5.41) is 2.77. The number of nitrogens with one attached hydrogen (secondary N) is 1. The Kier molecular flexibility index (Phi) is 3.72. The number of nitrogens with two attached hydrogens (primary N) is 1. The second kappa shape index (κ2) is 5.44. The zero-order valence-electron chi connectivity index (χ0n) is 10.1. The van der Waals surface area contributed by atoms with Gasteiger partial charge in [0.2, 0.25) is 12.7 Å². The molecule has 1 aromatic carbocycles. The third kappa shape index (κ3) is 2.74. The smallest absolute Gasteiger partial charge is 0.231 e. The monoisotopic (exact) mass is 248 g/mol. The van der Waals surface area contributed by atoms with Crippen LogP contribution in [0.4, 0.5) is 11.4 Å². The van der Waals surface area contributed by atoms with E-state index in [2.05, 4.69) is 11.9 Å². The van der Waals surface area contributed by atoms with Crippen LogP contribution < -0.4 is 20.5 Å². The summed E-state index contributed by atoms with van der Waals surface area (Å²) < 4.78 is 10.4. The predicted octanol–water partition coefficient (Wildman–Crippen LogP) is 2.29. The van der Waals surface area contributed by atoms with Crippen molar-refractivity contribution in [1.82, 2.24) is 0 Å². The number of carbonyl (C=O) groups is 1. The number of carbonyl (C=O) groups excluding carboxylic acids is 1. The van der Waals surface area contributed by atoms with Crippen LogP contribution in [0.25, 0.3) is 0 Å². The Morgan fingerprint density at radius 3 is 2.89 bits per heavy atom. The Hall–Kier alpha value is -2.17. The van der Waals surface area contributed by atoms with Gasteiger partial charge in [0.25, 0.3) is 0 Å². The van der Waals surface area contributed by atoms with Crippen molar-refractivity contribution >= 4 is 17.3 Å². The topological polar surface area (TPSA) is 73.6 Å². The minimum Gasteiger partial charge on any atom is -0.454 e. The maximum atomic E-state index is 11.7. The fourth-order valence-electron chi connectivity index (χ4n) is 1.69. The lowest BCUT2D eigenvalue weighted by atomic mass is 10.2. The summed E-state index contributed by atoms with van der Waals surface area (Å²) in [4.78, 5) is 11.7. The number of allylic oxidation sites excluding steroid dienone is 1. The Bertz CT molecular complexity index is 472. The zero-order valence-corrected chi connectivity index (χ0v) is 10.1. The molecule has 0 saturated heterocycles. The molecule has 1 aliphatic rings. The first-order valence-corrected chi connectivity index (χ1v) is 5.80. The molecule has 5 heteroatoms. The van der Waals surface area contributed by atoms with Crippen LogP contribution >= 0.6 is 0 Å². The highest BCUT2D eigenvalue weighted by Crippen LogP contribution is 2.38. The van der Waals surface area contributed by atoms with Crippen molar-refractivity contribution in [2.45, 2.75) is 19.3 Å². The van der Waals surface area contributed by atoms with Crippen LogP contribution in [0.15, 0.2) is 24.8 Å². The average molecular weight is 248 g/mol. The number of unbranched alkanes of at least 4 members (excludes halogenated alkanes) is 1. The van der Waals surface area contributed by atoms with Crippen LogP contribution in [-0.4, -0.2) is 12.7 Å². The minimum absolute atomic E-state index is 0.0672. The van der Waals surface area contributed by atoms with Gasteiger partial charge in [-0.2, -0.15) is 0 Å². The molecule has 1 amide bonds. The standard InChI is InChI=1S/C13H16N2O3/c1-2-3-4-5-13(16)15-10-7-12-11(6-9(10)14)17-8-18-12/h2,6-7H,1,3-5,8,14H2,(H,15,16). The molecule has 1 aromatic rings. The van der Waals surface area contributed by atoms with E-state index in [0.29, 0.717) is 29.3 Å². The Morgan fingerprint density at radius 1 is 1.44 bits per heavy atom. The Morgan fingerprint density at radius 2 is 2.17 bits per heavy atom. The first-order chi connectivity index (χ1) is 8.70. The second-order valence-electron chi connectivity index (χ2n) is 4.02. The van der Waals surface area contributed by atoms with Crippen molar-refractivity contribution in [1.29, 1.82) is 0 Å². The van der Waals surface area contributed by atoms with Gasteiger partial charge in [0.05, 0.1) is 11.4 Å². The molecule has 0 fully saturated rings. The van der Waals surface area contributed by atoms with Gasteiger partial charge in [0, 0.05) is 18.6 Å². The van der Waals surface area contributed by atoms with Gasteiger partial charge in [0.1, 0.15) is 0 Å². The van der Waals surface area contributed by atoms with Crippen LogP contribution in [-0.2, 0) is 4.79 Å². The number of benzene rings is 1. The van der Waals surface area contributed by atoms with E-state index in [1.807, 2.05) is 0 Å². The molecule has 96 valence electrons. The van der Waals surface area contributed by atoms with E-state index in [1.165, 1.54) is 0 Å². The van der Waals surface area contributed by atoms with Crippen molar-refractivity contribution < 1.29 is 14.3 Å².